The molecule has 2 aliphatic rings. The summed E-state index contributed by atoms with van der Waals surface area (Å²) in [6.45, 7) is 13.9. The van der Waals surface area contributed by atoms with Gasteiger partial charge in [-0.05, 0) is 193 Å². The third-order valence-corrected chi connectivity index (χ3v) is 22.3. The molecule has 0 saturated carbocycles. The van der Waals surface area contributed by atoms with Gasteiger partial charge in [-0.3, -0.25) is 0 Å². The first-order valence-corrected chi connectivity index (χ1v) is 36.7. The highest BCUT2D eigenvalue weighted by atomic mass is 14.8. The maximum atomic E-state index is 5.70. The van der Waals surface area contributed by atoms with Gasteiger partial charge in [0.1, 0.15) is 0 Å². The number of pyridine rings is 5. The highest BCUT2D eigenvalue weighted by molar-refractivity contribution is 6.07. The smallest absolute Gasteiger partial charge is 0.0975 e. The largest absolute Gasteiger partial charge is 0.248 e. The van der Waals surface area contributed by atoms with Gasteiger partial charge in [-0.15, -0.1) is 0 Å². The lowest BCUT2D eigenvalue weighted by molar-refractivity contribution is 0.660. The number of hydrogen-bond acceptors (Lipinski definition) is 5. The zero-order chi connectivity index (χ0) is 71.4. The van der Waals surface area contributed by atoms with Gasteiger partial charge in [0.2, 0.25) is 0 Å². The minimum absolute atomic E-state index is 0.114. The van der Waals surface area contributed by atoms with E-state index in [-0.39, 0.29) is 10.8 Å². The van der Waals surface area contributed by atoms with Gasteiger partial charge in [-0.2, -0.15) is 0 Å². The maximum Gasteiger partial charge on any atom is 0.0975 e. The van der Waals surface area contributed by atoms with E-state index < -0.39 is 0 Å². The fourth-order valence-corrected chi connectivity index (χ4v) is 16.7. The van der Waals surface area contributed by atoms with Gasteiger partial charge >= 0.3 is 0 Å². The van der Waals surface area contributed by atoms with Crippen molar-refractivity contribution in [3.63, 3.8) is 0 Å². The number of rotatable bonds is 12. The molecule has 0 unspecified atom stereocenters. The molecule has 502 valence electrons. The van der Waals surface area contributed by atoms with Crippen LogP contribution in [-0.2, 0) is 10.8 Å². The molecular weight excluding hydrogens is 1280 g/mol. The molecule has 2 aliphatic carbocycles. The predicted octanol–water partition coefficient (Wildman–Crippen LogP) is 26.2. The number of nitrogens with zero attached hydrogens (tertiary/aromatic N) is 5. The fraction of sp³-hybridized carbons (Fsp3) is 0.0792. The molecule has 106 heavy (non-hydrogen) atoms. The van der Waals surface area contributed by atoms with Crippen molar-refractivity contribution in [1.29, 1.82) is 0 Å². The predicted molar refractivity (Wildman–Crippen MR) is 440 cm³/mol. The topological polar surface area (TPSA) is 64.5 Å². The average molecular weight is 1360 g/mol. The minimum Gasteiger partial charge on any atom is -0.248 e. The first-order chi connectivity index (χ1) is 51.8. The quantitative estimate of drug-likeness (QED) is 0.114. The Balaban J connectivity index is 0.699. The van der Waals surface area contributed by atoms with Crippen LogP contribution in [-0.4, -0.2) is 24.9 Å². The molecule has 0 fully saturated rings. The summed E-state index contributed by atoms with van der Waals surface area (Å²) in [5.41, 5.74) is 38.3. The SMILES string of the molecule is Cc1cc(-c2ccc3c(c2)C(C)(C)c2ccccc2-3)nc2c1ccc1c(C)cc(-c3ccc4c(c3)C(C)(C)c3c(-c5ccc(-c6cc(-c7ccccc7)cc(-c7cc(-c8cc(-c9ccccc9)cc(-c9ccccc9)n8)cc(-c8cc(-c9ccccc9)cc(-c9ccccc9)n8)c7)n6)cc5)cccc3-4)nc12. The van der Waals surface area contributed by atoms with Crippen molar-refractivity contribution in [2.45, 2.75) is 52.4 Å². The first-order valence-electron chi connectivity index (χ1n) is 36.7. The summed E-state index contributed by atoms with van der Waals surface area (Å²) in [6.07, 6.45) is 0. The number of hydrogen-bond donors (Lipinski definition) is 0. The summed E-state index contributed by atoms with van der Waals surface area (Å²) in [6, 6.07) is 121. The third kappa shape index (κ3) is 11.1. The van der Waals surface area contributed by atoms with Gasteiger partial charge in [0.25, 0.3) is 0 Å². The van der Waals surface area contributed by atoms with Crippen LogP contribution < -0.4 is 0 Å². The first kappa shape index (κ1) is 63.8. The normalized spacial score (nSPS) is 13.0. The van der Waals surface area contributed by atoms with E-state index in [2.05, 4.69) is 375 Å². The third-order valence-electron chi connectivity index (χ3n) is 22.3. The van der Waals surface area contributed by atoms with Crippen LogP contribution in [0.15, 0.2) is 334 Å². The lowest BCUT2D eigenvalue weighted by Gasteiger charge is -2.25. The summed E-state index contributed by atoms with van der Waals surface area (Å²) in [7, 11) is 0. The molecule has 5 heterocycles. The lowest BCUT2D eigenvalue weighted by Crippen LogP contribution is -2.16. The summed E-state index contributed by atoms with van der Waals surface area (Å²) in [4.78, 5) is 27.9. The fourth-order valence-electron chi connectivity index (χ4n) is 16.7. The zero-order valence-electron chi connectivity index (χ0n) is 60.0. The number of aryl methyl sites for hydroxylation is 2. The summed E-state index contributed by atoms with van der Waals surface area (Å²) in [5.74, 6) is 0. The zero-order valence-corrected chi connectivity index (χ0v) is 60.0. The molecule has 5 nitrogen and oxygen atoms in total. The van der Waals surface area contributed by atoms with Crippen LogP contribution in [0, 0.1) is 13.8 Å². The van der Waals surface area contributed by atoms with E-state index in [4.69, 9.17) is 24.9 Å². The van der Waals surface area contributed by atoms with Crippen LogP contribution >= 0.6 is 0 Å². The highest BCUT2D eigenvalue weighted by Crippen LogP contribution is 2.54. The molecule has 5 heteroatoms. The van der Waals surface area contributed by atoms with Crippen LogP contribution in [0.5, 0.6) is 0 Å². The molecule has 0 bridgehead atoms. The van der Waals surface area contributed by atoms with Crippen LogP contribution in [0.2, 0.25) is 0 Å². The van der Waals surface area contributed by atoms with Gasteiger partial charge in [-0.25, -0.2) is 24.9 Å². The lowest BCUT2D eigenvalue weighted by atomic mass is 9.78. The van der Waals surface area contributed by atoms with E-state index in [0.717, 1.165) is 151 Å². The summed E-state index contributed by atoms with van der Waals surface area (Å²) < 4.78 is 0. The molecule has 12 aromatic carbocycles. The van der Waals surface area contributed by atoms with E-state index in [1.165, 1.54) is 61.2 Å². The molecule has 0 radical (unpaired) electrons. The number of aromatic nitrogens is 5. The second-order valence-corrected chi connectivity index (χ2v) is 29.6. The molecule has 0 aliphatic heterocycles. The van der Waals surface area contributed by atoms with Crippen LogP contribution in [0.4, 0.5) is 0 Å². The van der Waals surface area contributed by atoms with Crippen molar-refractivity contribution < 1.29 is 0 Å². The van der Waals surface area contributed by atoms with Gasteiger partial charge in [0.05, 0.1) is 56.6 Å². The standard InChI is InChI=1S/C101H73N5/c1-62-49-89(71-43-45-83-82-35-22-23-38-86(82)100(3,4)87(83)54-71)105-98-79(62)47-48-80-63(2)50-90(106-99(80)98)72-44-46-84-85-37-24-36-81(97(85)101(5,6)88(84)55-72)67-39-41-70(42-40-67)93-58-75(66-29-16-9-17-30-66)61-96(104-93)78-52-76(94-59-73(64-25-12-7-13-26-64)56-91(102-94)68-31-18-10-19-32-68)51-77(53-78)95-60-74(65-27-14-8-15-28-65)57-92(103-95)69-33-20-11-21-34-69/h7-61H,1-6H3. The van der Waals surface area contributed by atoms with Crippen molar-refractivity contribution in [2.24, 2.45) is 0 Å². The molecular formula is C101H73N5. The second kappa shape index (κ2) is 25.4. The molecule has 0 spiro atoms. The number of fused-ring (bicyclic) bond motifs is 9. The van der Waals surface area contributed by atoms with Crippen molar-refractivity contribution in [3.8, 4) is 157 Å². The van der Waals surface area contributed by atoms with Crippen LogP contribution in [0.1, 0.15) is 61.1 Å². The number of benzene rings is 12. The molecule has 19 rings (SSSR count). The Labute approximate surface area is 619 Å². The summed E-state index contributed by atoms with van der Waals surface area (Å²) >= 11 is 0. The maximum absolute atomic E-state index is 5.70. The minimum atomic E-state index is -0.343. The van der Waals surface area contributed by atoms with Crippen LogP contribution in [0.25, 0.3) is 179 Å². The monoisotopic (exact) mass is 1360 g/mol. The Morgan fingerprint density at radius 2 is 0.500 bits per heavy atom. The molecule has 0 atom stereocenters. The molecule has 0 amide bonds. The Morgan fingerprint density at radius 1 is 0.189 bits per heavy atom. The molecule has 0 saturated heterocycles. The van der Waals surface area contributed by atoms with Crippen molar-refractivity contribution in [1.82, 2.24) is 24.9 Å². The average Bonchev–Trinajstić information content (AvgIpc) is 1.56. The summed E-state index contributed by atoms with van der Waals surface area (Å²) in [5, 5.41) is 2.23. The Bertz CT molecular complexity index is 6100. The van der Waals surface area contributed by atoms with E-state index in [1.54, 1.807) is 0 Å². The Kier molecular flexibility index (Phi) is 15.3. The molecule has 0 N–H and O–H groups in total. The van der Waals surface area contributed by atoms with E-state index in [0.29, 0.717) is 0 Å². The van der Waals surface area contributed by atoms with Gasteiger partial charge in [0.15, 0.2) is 0 Å². The Morgan fingerprint density at radius 3 is 0.934 bits per heavy atom. The van der Waals surface area contributed by atoms with Crippen LogP contribution in [0.3, 0.4) is 0 Å². The highest BCUT2D eigenvalue weighted by Gasteiger charge is 2.39. The molecule has 5 aromatic heterocycles. The molecule has 17 aromatic rings. The van der Waals surface area contributed by atoms with Crippen molar-refractivity contribution >= 4 is 21.8 Å². The van der Waals surface area contributed by atoms with E-state index in [1.807, 2.05) is 0 Å². The van der Waals surface area contributed by atoms with Gasteiger partial charge in [-0.1, -0.05) is 282 Å². The van der Waals surface area contributed by atoms with Gasteiger partial charge < -0.3 is 0 Å². The van der Waals surface area contributed by atoms with E-state index >= 15 is 0 Å². The van der Waals surface area contributed by atoms with Gasteiger partial charge in [0, 0.05) is 66.1 Å². The van der Waals surface area contributed by atoms with Crippen molar-refractivity contribution in [3.05, 3.63) is 367 Å². The van der Waals surface area contributed by atoms with E-state index in [9.17, 15) is 0 Å². The Hall–Kier alpha value is -13.1. The second-order valence-electron chi connectivity index (χ2n) is 29.6. The van der Waals surface area contributed by atoms with Crippen molar-refractivity contribution in [2.75, 3.05) is 0 Å².